The van der Waals surface area contributed by atoms with E-state index < -0.39 is 0 Å². The highest BCUT2D eigenvalue weighted by molar-refractivity contribution is 5.96. The lowest BCUT2D eigenvalue weighted by Gasteiger charge is -1.98. The van der Waals surface area contributed by atoms with Gasteiger partial charge in [-0.15, -0.1) is 0 Å². The Morgan fingerprint density at radius 3 is 0.892 bits per heavy atom. The number of carbonyl (C=O) groups excluding carboxylic acids is 2. The van der Waals surface area contributed by atoms with Crippen LogP contribution in [0.5, 0.6) is 0 Å². The van der Waals surface area contributed by atoms with Crippen LogP contribution in [0.3, 0.4) is 0 Å². The Labute approximate surface area is 625 Å². The molecular weight excluding hydrogens is 1250 g/mol. The van der Waals surface area contributed by atoms with Gasteiger partial charge in [-0.3, -0.25) is 9.59 Å². The summed E-state index contributed by atoms with van der Waals surface area (Å²) in [5, 5.41) is 0. The molecule has 0 radical (unpaired) electrons. The van der Waals surface area contributed by atoms with Crippen LogP contribution in [0, 0.1) is 69.2 Å². The minimum atomic E-state index is 0. The van der Waals surface area contributed by atoms with Crippen LogP contribution < -0.4 is 27.4 Å². The third-order valence-corrected chi connectivity index (χ3v) is 13.7. The summed E-state index contributed by atoms with van der Waals surface area (Å²) in [6, 6.07) is 69.4. The second-order valence-corrected chi connectivity index (χ2v) is 22.4. The van der Waals surface area contributed by atoms with Crippen molar-refractivity contribution < 1.29 is 37.0 Å². The largest absolute Gasteiger partial charge is 0.294 e. The van der Waals surface area contributed by atoms with E-state index in [-0.39, 0.29) is 41.3 Å². The van der Waals surface area contributed by atoms with Crippen LogP contribution in [-0.4, -0.2) is 11.6 Å². The Hall–Kier alpha value is -9.66. The number of hydrogen-bond acceptors (Lipinski definition) is 2. The van der Waals surface area contributed by atoms with Crippen molar-refractivity contribution in [2.45, 2.75) is 201 Å². The highest BCUT2D eigenvalue weighted by atomic mass is 16.1. The minimum absolute atomic E-state index is 0. The van der Waals surface area contributed by atoms with Crippen LogP contribution in [0.4, 0.5) is 0 Å². The second kappa shape index (κ2) is 65.9. The third-order valence-electron chi connectivity index (χ3n) is 13.7. The van der Waals surface area contributed by atoms with Gasteiger partial charge in [-0.05, 0) is 111 Å². The molecule has 0 bridgehead atoms. The zero-order valence-corrected chi connectivity index (χ0v) is 64.9. The lowest BCUT2D eigenvalue weighted by atomic mass is 10.1. The molecule has 0 atom stereocenters. The number of benzene rings is 5. The van der Waals surface area contributed by atoms with E-state index in [1.54, 1.807) is 0 Å². The predicted molar refractivity (Wildman–Crippen MR) is 444 cm³/mol. The first-order valence-electron chi connectivity index (χ1n) is 35.1. The Morgan fingerprint density at radius 1 is 0.284 bits per heavy atom. The van der Waals surface area contributed by atoms with E-state index in [0.717, 1.165) is 24.1 Å². The Kier molecular flexibility index (Phi) is 66.8. The van der Waals surface area contributed by atoms with Crippen molar-refractivity contribution in [2.24, 2.45) is 21.1 Å². The molecule has 0 unspecified atom stereocenters. The molecule has 6 aromatic heterocycles. The van der Waals surface area contributed by atoms with E-state index in [4.69, 9.17) is 0 Å². The first-order chi connectivity index (χ1) is 47.2. The second-order valence-electron chi connectivity index (χ2n) is 22.4. The molecule has 554 valence electrons. The van der Waals surface area contributed by atoms with Gasteiger partial charge in [0.15, 0.2) is 80.1 Å². The molecular formula is C94H142N6O2+6. The first kappa shape index (κ1) is 103. The third kappa shape index (κ3) is 51.5. The zero-order chi connectivity index (χ0) is 74.1. The van der Waals surface area contributed by atoms with Gasteiger partial charge in [0.2, 0.25) is 18.0 Å². The minimum Gasteiger partial charge on any atom is -0.294 e. The molecule has 11 aromatic rings. The summed E-state index contributed by atoms with van der Waals surface area (Å²) in [5.74, 6) is 0.348. The number of hydrogen-bond donors (Lipinski definition) is 0. The van der Waals surface area contributed by atoms with Crippen molar-refractivity contribution in [3.63, 3.8) is 0 Å². The maximum absolute atomic E-state index is 11.9. The lowest BCUT2D eigenvalue weighted by molar-refractivity contribution is -0.693. The number of pyridine rings is 6. The fourth-order valence-electron chi connectivity index (χ4n) is 7.97. The number of aryl methyl sites for hydroxylation is 15. The van der Waals surface area contributed by atoms with E-state index in [0.29, 0.717) is 13.0 Å². The van der Waals surface area contributed by atoms with E-state index in [9.17, 15) is 9.59 Å². The van der Waals surface area contributed by atoms with Crippen LogP contribution in [0.2, 0.25) is 0 Å². The fourth-order valence-corrected chi connectivity index (χ4v) is 7.97. The van der Waals surface area contributed by atoms with Crippen LogP contribution in [0.25, 0.3) is 5.69 Å². The normalized spacial score (nSPS) is 8.71. The Balaban J connectivity index is -0.000000252. The van der Waals surface area contributed by atoms with Gasteiger partial charge in [0, 0.05) is 101 Å². The van der Waals surface area contributed by atoms with Crippen LogP contribution in [0.1, 0.15) is 194 Å². The monoisotopic (exact) mass is 1390 g/mol. The average Bonchev–Trinajstić information content (AvgIpc) is 0.885. The summed E-state index contributed by atoms with van der Waals surface area (Å²) in [4.78, 5) is 23.0. The van der Waals surface area contributed by atoms with Gasteiger partial charge in [0.05, 0.1) is 0 Å². The molecule has 5 aromatic carbocycles. The highest BCUT2D eigenvalue weighted by Gasteiger charge is 2.11. The molecule has 0 saturated carbocycles. The van der Waals surface area contributed by atoms with Gasteiger partial charge in [-0.1, -0.05) is 254 Å². The summed E-state index contributed by atoms with van der Waals surface area (Å²) in [7, 11) is 6.05. The Bertz CT molecular complexity index is 3500. The van der Waals surface area contributed by atoms with Gasteiger partial charge >= 0.3 is 0 Å². The summed E-state index contributed by atoms with van der Waals surface area (Å²) >= 11 is 0. The average molecular weight is 1390 g/mol. The van der Waals surface area contributed by atoms with Crippen molar-refractivity contribution in [3.05, 3.63) is 353 Å². The number of ketones is 2. The SMILES string of the molecule is C.C.C.C.CC.CC.CC.CC.CCC(=O)c1ccc(C)cc1.CC[n+]1cccc(C)c1.CCc1ccc(C)cc1.Cc1cc[n+](C)cc1.Cc1cc[n+](C)cc1.Cc1ccc(-[n+]2ccccc2)cc1.Cc1ccc(C(=O)C[n+]2ccccc2)cc1.Cc1ccc(C)cc1.Cc1ccc[n+](C)c1. The molecule has 11 rings (SSSR count). The maximum Gasteiger partial charge on any atom is 0.227 e. The van der Waals surface area contributed by atoms with Gasteiger partial charge in [0.1, 0.15) is 27.7 Å². The first-order valence-corrected chi connectivity index (χ1v) is 35.1. The molecule has 0 amide bonds. The topological polar surface area (TPSA) is 57.4 Å². The zero-order valence-electron chi connectivity index (χ0n) is 64.9. The molecule has 0 spiro atoms. The predicted octanol–water partition coefficient (Wildman–Crippen LogP) is 22.3. The van der Waals surface area contributed by atoms with E-state index in [2.05, 4.69) is 212 Å². The van der Waals surface area contributed by atoms with E-state index >= 15 is 0 Å². The maximum atomic E-state index is 11.9. The van der Waals surface area contributed by atoms with Crippen molar-refractivity contribution >= 4 is 11.6 Å². The summed E-state index contributed by atoms with van der Waals surface area (Å²) < 4.78 is 12.2. The number of nitrogens with zero attached hydrogens (tertiary/aromatic N) is 6. The molecule has 0 fully saturated rings. The summed E-state index contributed by atoms with van der Waals surface area (Å²) in [5.41, 5.74) is 17.1. The van der Waals surface area contributed by atoms with E-state index in [1.165, 1.54) is 66.9 Å². The number of rotatable bonds is 8. The summed E-state index contributed by atoms with van der Waals surface area (Å²) in [6.45, 7) is 44.4. The molecule has 6 heterocycles. The fraction of sp³-hybridized carbons (Fsp3) is 0.340. The quantitative estimate of drug-likeness (QED) is 0.112. The van der Waals surface area contributed by atoms with Crippen LogP contribution in [0.15, 0.2) is 281 Å². The van der Waals surface area contributed by atoms with Crippen LogP contribution >= 0.6 is 0 Å². The highest BCUT2D eigenvalue weighted by Crippen LogP contribution is 2.07. The smallest absolute Gasteiger partial charge is 0.227 e. The standard InChI is InChI=1S/C14H14NO.C12H12N.C10H12O.C9H12.C8H12N.C8H10.3C7H10N.4C2H6.4CH4/c1-12-5-7-13(8-6-12)14(16)11-15-9-3-2-4-10-15;1-11-5-7-12(8-6-11)13-9-3-2-4-10-13;1-3-10(11)9-6-4-8(2)5-7-9;1-3-9-6-4-8(2)5-7-9;1-3-9-6-4-5-8(2)7-9;3*1-7-3-5-8(2)6-4-7;1-7-4-3-5-8(2)6-7;4*1-2;;;;/h2-10H,11H2,1H3;2-10H,1H3;4-7H,3H2,1-2H3;2*4-7H,3H2,1-2H3;4*3-6H,1-2H3;4*1-2H3;4*1H4/q2*+1;;;+1;;3*+1;;;;;;;;. The molecule has 8 heteroatoms. The number of carbonyl (C=O) groups is 2. The number of Topliss-reactive ketones (excluding diaryl/α,β-unsaturated/α-hetero) is 2. The Morgan fingerprint density at radius 2 is 0.588 bits per heavy atom. The van der Waals surface area contributed by atoms with Crippen molar-refractivity contribution in [3.8, 4) is 5.69 Å². The molecule has 0 aliphatic carbocycles. The van der Waals surface area contributed by atoms with Crippen molar-refractivity contribution in [1.29, 1.82) is 0 Å². The van der Waals surface area contributed by atoms with Gasteiger partial charge in [0.25, 0.3) is 0 Å². The van der Waals surface area contributed by atoms with Gasteiger partial charge < -0.3 is 0 Å². The molecule has 0 aliphatic rings. The number of aromatic nitrogens is 6. The molecule has 8 nitrogen and oxygen atoms in total. The molecule has 0 N–H and O–H groups in total. The van der Waals surface area contributed by atoms with Gasteiger partial charge in [-0.2, -0.15) is 9.13 Å². The molecule has 0 aliphatic heterocycles. The summed E-state index contributed by atoms with van der Waals surface area (Å²) in [6.07, 6.45) is 26.1. The van der Waals surface area contributed by atoms with Gasteiger partial charge in [-0.25, -0.2) is 18.3 Å². The molecule has 102 heavy (non-hydrogen) atoms. The van der Waals surface area contributed by atoms with Crippen molar-refractivity contribution in [1.82, 2.24) is 0 Å². The lowest BCUT2D eigenvalue weighted by Crippen LogP contribution is -2.36. The van der Waals surface area contributed by atoms with Crippen molar-refractivity contribution in [2.75, 3.05) is 0 Å². The van der Waals surface area contributed by atoms with E-state index in [1.807, 2.05) is 262 Å². The molecule has 0 saturated heterocycles. The van der Waals surface area contributed by atoms with Crippen LogP contribution in [-0.2, 0) is 40.7 Å².